The second kappa shape index (κ2) is 26.0. The number of pyridine rings is 1. The zero-order valence-corrected chi connectivity index (χ0v) is 47.1. The molecule has 11 rings (SSSR count). The Balaban J connectivity index is 0.542. The van der Waals surface area contributed by atoms with Gasteiger partial charge in [-0.1, -0.05) is 6.07 Å². The van der Waals surface area contributed by atoms with Crippen molar-refractivity contribution < 1.29 is 47.3 Å². The van der Waals surface area contributed by atoms with E-state index in [-0.39, 0.29) is 24.1 Å². The van der Waals surface area contributed by atoms with Crippen LogP contribution in [0.25, 0.3) is 10.9 Å². The number of benzene rings is 4. The summed E-state index contributed by atoms with van der Waals surface area (Å²) in [5.74, 6) is 2.05. The summed E-state index contributed by atoms with van der Waals surface area (Å²) < 4.78 is 37.8. The van der Waals surface area contributed by atoms with E-state index >= 15 is 0 Å². The number of piperidine rings is 4. The topological polar surface area (TPSA) is 184 Å². The number of hydrogen-bond donors (Lipinski definition) is 3. The van der Waals surface area contributed by atoms with Crippen LogP contribution in [0.3, 0.4) is 0 Å². The van der Waals surface area contributed by atoms with Crippen LogP contribution >= 0.6 is 0 Å². The highest BCUT2D eigenvalue weighted by molar-refractivity contribution is 6.17. The third-order valence-corrected chi connectivity index (χ3v) is 18.0. The number of hydrogen-bond acceptors (Lipinski definition) is 13. The van der Waals surface area contributed by atoms with Crippen molar-refractivity contribution in [2.45, 2.75) is 115 Å². The lowest BCUT2D eigenvalue weighted by Crippen LogP contribution is -2.52. The number of carbonyl (C=O) groups excluding carboxylic acids is 5. The summed E-state index contributed by atoms with van der Waals surface area (Å²) in [7, 11) is 1.71. The predicted octanol–water partition coefficient (Wildman–Crippen LogP) is 9.73. The number of ether oxygens (including phenoxy) is 4. The molecule has 18 heteroatoms. The molecule has 6 heterocycles. The number of aromatic nitrogens is 1. The highest BCUT2D eigenvalue weighted by Crippen LogP contribution is 2.48. The van der Waals surface area contributed by atoms with Gasteiger partial charge >= 0.3 is 0 Å². The van der Waals surface area contributed by atoms with Crippen LogP contribution in [0, 0.1) is 23.1 Å². The fraction of sp³-hybridized carbons (Fsp3) is 0.500. The minimum atomic E-state index is -1.16. The van der Waals surface area contributed by atoms with Gasteiger partial charge < -0.3 is 49.2 Å². The highest BCUT2D eigenvalue weighted by Gasteiger charge is 2.56. The van der Waals surface area contributed by atoms with Gasteiger partial charge in [-0.25, -0.2) is 4.39 Å². The molecule has 5 fully saturated rings. The smallest absolute Gasteiger partial charge is 0.255 e. The lowest BCUT2D eigenvalue weighted by molar-refractivity contribution is -0.137. The van der Waals surface area contributed by atoms with Gasteiger partial charge in [-0.05, 0) is 207 Å². The number of imide groups is 1. The number of amides is 5. The van der Waals surface area contributed by atoms with E-state index in [2.05, 4.69) is 36.7 Å². The van der Waals surface area contributed by atoms with Gasteiger partial charge in [0, 0.05) is 79.3 Å². The maximum atomic E-state index is 13.4. The first-order chi connectivity index (χ1) is 40.0. The molecule has 5 amide bonds. The summed E-state index contributed by atoms with van der Waals surface area (Å²) in [4.78, 5) is 77.7. The van der Waals surface area contributed by atoms with Crippen molar-refractivity contribution in [1.29, 1.82) is 0 Å². The third kappa shape index (κ3) is 13.3. The maximum Gasteiger partial charge on any atom is 0.255 e. The fourth-order valence-corrected chi connectivity index (χ4v) is 12.9. The van der Waals surface area contributed by atoms with Gasteiger partial charge in [-0.3, -0.25) is 34.3 Å². The first-order valence-electron chi connectivity index (χ1n) is 29.8. The molecule has 82 heavy (non-hydrogen) atoms. The molecule has 434 valence electrons. The number of methoxy groups -OCH3 is 1. The Labute approximate surface area is 479 Å². The summed E-state index contributed by atoms with van der Waals surface area (Å²) in [6, 6.07) is 24.0. The van der Waals surface area contributed by atoms with Crippen molar-refractivity contribution in [3.63, 3.8) is 0 Å². The summed E-state index contributed by atoms with van der Waals surface area (Å²) in [6.07, 6.45) is 16.1. The normalized spacial score (nSPS) is 19.9. The monoisotopic (exact) mass is 1120 g/mol. The molecule has 5 aliphatic heterocycles. The molecule has 17 nitrogen and oxygen atoms in total. The molecule has 1 saturated carbocycles. The van der Waals surface area contributed by atoms with E-state index in [4.69, 9.17) is 23.9 Å². The number of fused-ring (bicyclic) bond motifs is 2. The Hall–Kier alpha value is -7.15. The van der Waals surface area contributed by atoms with Crippen LogP contribution in [-0.2, 0) is 30.5 Å². The molecular formula is C64H77FN8O9. The molecule has 6 aliphatic rings. The van der Waals surface area contributed by atoms with Crippen LogP contribution in [-0.4, -0.2) is 134 Å². The zero-order chi connectivity index (χ0) is 56.6. The van der Waals surface area contributed by atoms with Crippen molar-refractivity contribution in [3.05, 3.63) is 108 Å². The van der Waals surface area contributed by atoms with Gasteiger partial charge in [0.1, 0.15) is 40.3 Å². The molecule has 0 spiro atoms. The van der Waals surface area contributed by atoms with Crippen molar-refractivity contribution in [1.82, 2.24) is 25.0 Å². The largest absolute Gasteiger partial charge is 0.495 e. The number of rotatable bonds is 23. The Kier molecular flexibility index (Phi) is 18.0. The van der Waals surface area contributed by atoms with Crippen molar-refractivity contribution in [2.75, 3.05) is 88.3 Å². The average Bonchev–Trinajstić information content (AvgIpc) is 4.44. The van der Waals surface area contributed by atoms with E-state index in [9.17, 15) is 28.4 Å². The van der Waals surface area contributed by atoms with Crippen LogP contribution in [0.2, 0.25) is 0 Å². The third-order valence-electron chi connectivity index (χ3n) is 18.0. The minimum Gasteiger partial charge on any atom is -0.495 e. The SMILES string of the molecule is COc1cc2c(Oc3ccc(NC(=O)C4(C(=O)Nc5ccc(F)cc5)CC4)cc3)ccnc2cc1N1CCC(CCCN2CCC(N3CCC(CCCOCCCOc4cccc5c4CN([C@H]4CCC(=O)NC4=O)C5=O)CC3)CC2)CC1. The second-order valence-electron chi connectivity index (χ2n) is 23.2. The molecule has 3 N–H and O–H groups in total. The van der Waals surface area contributed by atoms with Crippen LogP contribution in [0.1, 0.15) is 112 Å². The van der Waals surface area contributed by atoms with Crippen LogP contribution < -0.4 is 35.1 Å². The molecule has 5 aromatic rings. The number of anilines is 3. The standard InChI is InChI=1S/C64H77FN8O9/c1-79-58-40-51-53(66-29-20-57(51)82-49-16-14-47(15-17-49)68-63(78)64(27-28-64)62(77)67-46-12-10-45(65)11-13-46)41-55(58)72-35-23-43(24-36-72)6-3-30-70-31-25-48(26-32-70)71-33-21-44(22-34-71)7-4-37-80-38-5-39-81-56-9-2-8-50-52(56)42-73(61(50)76)54-18-19-59(74)69-60(54)75/h2,8-17,20,29,40-41,43-44,48,54H,3-7,18-19,21-28,30-39,42H2,1H3,(H,67,77)(H,68,78)(H,69,74,75)/t54-/m0/s1. The summed E-state index contributed by atoms with van der Waals surface area (Å²) in [5.41, 5.74) is 3.04. The van der Waals surface area contributed by atoms with E-state index in [0.717, 1.165) is 79.2 Å². The highest BCUT2D eigenvalue weighted by atomic mass is 19.1. The molecular weight excluding hydrogens is 1040 g/mol. The summed E-state index contributed by atoms with van der Waals surface area (Å²) in [5, 5.41) is 8.82. The maximum absolute atomic E-state index is 13.4. The van der Waals surface area contributed by atoms with E-state index < -0.39 is 29.1 Å². The van der Waals surface area contributed by atoms with E-state index in [0.29, 0.717) is 85.2 Å². The first-order valence-corrected chi connectivity index (χ1v) is 29.8. The number of nitrogens with zero attached hydrogens (tertiary/aromatic N) is 5. The lowest BCUT2D eigenvalue weighted by Gasteiger charge is -2.42. The summed E-state index contributed by atoms with van der Waals surface area (Å²) in [6.45, 7) is 10.1. The number of halogens is 1. The summed E-state index contributed by atoms with van der Waals surface area (Å²) >= 11 is 0. The second-order valence-corrected chi connectivity index (χ2v) is 23.2. The van der Waals surface area contributed by atoms with Gasteiger partial charge in [0.2, 0.25) is 23.6 Å². The Morgan fingerprint density at radius 2 is 1.41 bits per heavy atom. The van der Waals surface area contributed by atoms with E-state index in [1.165, 1.54) is 102 Å². The van der Waals surface area contributed by atoms with Gasteiger partial charge in [0.15, 0.2) is 0 Å². The minimum absolute atomic E-state index is 0.195. The predicted molar refractivity (Wildman–Crippen MR) is 311 cm³/mol. The van der Waals surface area contributed by atoms with Gasteiger partial charge in [-0.2, -0.15) is 0 Å². The quantitative estimate of drug-likeness (QED) is 0.0320. The molecule has 0 unspecified atom stereocenters. The Bertz CT molecular complexity index is 3080. The molecule has 0 bridgehead atoms. The number of likely N-dealkylation sites (tertiary alicyclic amines) is 2. The zero-order valence-electron chi connectivity index (χ0n) is 47.1. The molecule has 1 atom stereocenters. The van der Waals surface area contributed by atoms with Crippen LogP contribution in [0.4, 0.5) is 21.5 Å². The Morgan fingerprint density at radius 3 is 2.11 bits per heavy atom. The number of carbonyl (C=O) groups is 5. The molecule has 4 saturated heterocycles. The van der Waals surface area contributed by atoms with Gasteiger partial charge in [0.05, 0.1) is 31.5 Å². The van der Waals surface area contributed by atoms with Gasteiger partial charge in [-0.15, -0.1) is 0 Å². The van der Waals surface area contributed by atoms with Crippen molar-refractivity contribution in [2.24, 2.45) is 17.3 Å². The van der Waals surface area contributed by atoms with E-state index in [1.54, 1.807) is 48.5 Å². The van der Waals surface area contributed by atoms with Gasteiger partial charge in [0.25, 0.3) is 5.91 Å². The fourth-order valence-electron chi connectivity index (χ4n) is 12.9. The van der Waals surface area contributed by atoms with Crippen LogP contribution in [0.5, 0.6) is 23.0 Å². The molecule has 1 aromatic heterocycles. The Morgan fingerprint density at radius 1 is 0.732 bits per heavy atom. The van der Waals surface area contributed by atoms with Crippen LogP contribution in [0.15, 0.2) is 91.1 Å². The van der Waals surface area contributed by atoms with E-state index in [1.807, 2.05) is 24.3 Å². The van der Waals surface area contributed by atoms with Crippen molar-refractivity contribution >= 4 is 57.5 Å². The molecule has 4 aromatic carbocycles. The molecule has 0 radical (unpaired) electrons. The average molecular weight is 1120 g/mol. The lowest BCUT2D eigenvalue weighted by atomic mass is 9.90. The van der Waals surface area contributed by atoms with Crippen molar-refractivity contribution in [3.8, 4) is 23.0 Å². The molecule has 1 aliphatic carbocycles. The number of nitrogens with one attached hydrogen (secondary N) is 3. The first kappa shape index (κ1) is 56.7.